The molecule has 1 rings (SSSR count). The second kappa shape index (κ2) is 8.00. The van der Waals surface area contributed by atoms with Crippen LogP contribution in [0.4, 0.5) is 0 Å². The van der Waals surface area contributed by atoms with Gasteiger partial charge in [-0.15, -0.1) is 0 Å². The van der Waals surface area contributed by atoms with Gasteiger partial charge >= 0.3 is 0 Å². The fraction of sp³-hybridized carbons (Fsp3) is 1.00. The van der Waals surface area contributed by atoms with Gasteiger partial charge in [0.1, 0.15) is 0 Å². The maximum Gasteiger partial charge on any atom is 0.0897 e. The van der Waals surface area contributed by atoms with Gasteiger partial charge in [0.2, 0.25) is 0 Å². The summed E-state index contributed by atoms with van der Waals surface area (Å²) in [5, 5.41) is 9.80. The van der Waals surface area contributed by atoms with E-state index in [9.17, 15) is 5.11 Å². The van der Waals surface area contributed by atoms with Crippen LogP contribution in [-0.2, 0) is 14.2 Å². The largest absolute Gasteiger partial charge is 0.387 e. The topological polar surface area (TPSA) is 51.2 Å². The van der Waals surface area contributed by atoms with Crippen LogP contribution in [0.5, 0.6) is 0 Å². The van der Waals surface area contributed by atoms with Gasteiger partial charge in [0.25, 0.3) is 0 Å². The molecule has 1 saturated heterocycles. The van der Waals surface area contributed by atoms with Crippen molar-refractivity contribution in [3.05, 3.63) is 0 Å². The zero-order valence-electron chi connectivity index (χ0n) is 11.0. The molecule has 0 radical (unpaired) electrons. The molecule has 1 aliphatic heterocycles. The summed E-state index contributed by atoms with van der Waals surface area (Å²) < 4.78 is 15.6. The third-order valence-electron chi connectivity index (χ3n) is 3.05. The van der Waals surface area contributed by atoms with Crippen molar-refractivity contribution in [1.82, 2.24) is 4.90 Å². The van der Waals surface area contributed by atoms with Crippen LogP contribution < -0.4 is 0 Å². The number of β-amino-alcohol motifs (C(OH)–C–C–N with tert-alkyl or cyclic N) is 1. The molecule has 102 valence electrons. The first-order chi connectivity index (χ1) is 8.20. The van der Waals surface area contributed by atoms with Crippen molar-refractivity contribution >= 4 is 0 Å². The van der Waals surface area contributed by atoms with E-state index in [1.165, 1.54) is 0 Å². The van der Waals surface area contributed by atoms with Gasteiger partial charge in [-0.25, -0.2) is 0 Å². The fourth-order valence-electron chi connectivity index (χ4n) is 1.83. The van der Waals surface area contributed by atoms with Crippen LogP contribution in [0.1, 0.15) is 13.3 Å². The van der Waals surface area contributed by atoms with E-state index in [-0.39, 0.29) is 0 Å². The number of nitrogens with zero attached hydrogens (tertiary/aromatic N) is 1. The van der Waals surface area contributed by atoms with Gasteiger partial charge in [-0.05, 0) is 6.42 Å². The van der Waals surface area contributed by atoms with E-state index in [4.69, 9.17) is 14.2 Å². The van der Waals surface area contributed by atoms with Gasteiger partial charge < -0.3 is 19.3 Å². The SMILES string of the molecule is CCC1(O)CN(CCOCCOCCOC)C1. The number of ether oxygens (including phenoxy) is 3. The highest BCUT2D eigenvalue weighted by molar-refractivity contribution is 4.93. The highest BCUT2D eigenvalue weighted by atomic mass is 16.5. The minimum absolute atomic E-state index is 0.441. The Balaban J connectivity index is 1.80. The Morgan fingerprint density at radius 3 is 2.24 bits per heavy atom. The first-order valence-electron chi connectivity index (χ1n) is 6.29. The molecule has 0 unspecified atom stereocenters. The number of methoxy groups -OCH3 is 1. The molecule has 1 fully saturated rings. The van der Waals surface area contributed by atoms with Gasteiger partial charge in [-0.2, -0.15) is 0 Å². The lowest BCUT2D eigenvalue weighted by atomic mass is 9.91. The van der Waals surface area contributed by atoms with E-state index in [0.717, 1.165) is 26.1 Å². The van der Waals surface area contributed by atoms with Gasteiger partial charge in [0, 0.05) is 26.7 Å². The summed E-state index contributed by atoms with van der Waals surface area (Å²) in [5.74, 6) is 0. The highest BCUT2D eigenvalue weighted by Crippen LogP contribution is 2.23. The van der Waals surface area contributed by atoms with Crippen LogP contribution >= 0.6 is 0 Å². The van der Waals surface area contributed by atoms with Crippen molar-refractivity contribution in [3.8, 4) is 0 Å². The quantitative estimate of drug-likeness (QED) is 0.556. The van der Waals surface area contributed by atoms with E-state index in [1.54, 1.807) is 7.11 Å². The molecule has 1 heterocycles. The Morgan fingerprint density at radius 1 is 1.06 bits per heavy atom. The van der Waals surface area contributed by atoms with Crippen molar-refractivity contribution in [2.75, 3.05) is 59.8 Å². The summed E-state index contributed by atoms with van der Waals surface area (Å²) >= 11 is 0. The van der Waals surface area contributed by atoms with Crippen LogP contribution in [-0.4, -0.2) is 75.4 Å². The third-order valence-corrected chi connectivity index (χ3v) is 3.05. The molecule has 0 atom stereocenters. The van der Waals surface area contributed by atoms with E-state index >= 15 is 0 Å². The Labute approximate surface area is 104 Å². The number of rotatable bonds is 10. The molecule has 0 aliphatic carbocycles. The minimum Gasteiger partial charge on any atom is -0.387 e. The standard InChI is InChI=1S/C12H25NO4/c1-3-12(14)10-13(11-12)4-5-16-8-9-17-7-6-15-2/h14H,3-11H2,1-2H3. The molecule has 1 aliphatic rings. The minimum atomic E-state index is -0.441. The van der Waals surface area contributed by atoms with E-state index in [2.05, 4.69) is 4.90 Å². The molecule has 0 spiro atoms. The van der Waals surface area contributed by atoms with Crippen LogP contribution in [0.2, 0.25) is 0 Å². The van der Waals surface area contributed by atoms with Crippen LogP contribution in [0.25, 0.3) is 0 Å². The summed E-state index contributed by atoms with van der Waals surface area (Å²) in [5.41, 5.74) is -0.441. The first kappa shape index (κ1) is 14.9. The Bertz CT molecular complexity index is 195. The summed E-state index contributed by atoms with van der Waals surface area (Å²) in [4.78, 5) is 2.20. The second-order valence-corrected chi connectivity index (χ2v) is 4.51. The lowest BCUT2D eigenvalue weighted by Gasteiger charge is -2.46. The Morgan fingerprint density at radius 2 is 1.65 bits per heavy atom. The van der Waals surface area contributed by atoms with Crippen LogP contribution in [0.15, 0.2) is 0 Å². The van der Waals surface area contributed by atoms with Crippen molar-refractivity contribution in [3.63, 3.8) is 0 Å². The summed E-state index contributed by atoms with van der Waals surface area (Å²) in [7, 11) is 1.66. The van der Waals surface area contributed by atoms with E-state index in [1.807, 2.05) is 6.92 Å². The molecule has 0 saturated carbocycles. The molecule has 0 aromatic rings. The molecule has 1 N–H and O–H groups in total. The molecule has 5 nitrogen and oxygen atoms in total. The Hall–Kier alpha value is -0.200. The van der Waals surface area contributed by atoms with Gasteiger partial charge in [0.05, 0.1) is 38.6 Å². The smallest absolute Gasteiger partial charge is 0.0897 e. The van der Waals surface area contributed by atoms with E-state index in [0.29, 0.717) is 33.0 Å². The van der Waals surface area contributed by atoms with E-state index < -0.39 is 5.60 Å². The van der Waals surface area contributed by atoms with Crippen LogP contribution in [0.3, 0.4) is 0 Å². The molecule has 0 aromatic carbocycles. The van der Waals surface area contributed by atoms with Crippen molar-refractivity contribution in [1.29, 1.82) is 0 Å². The second-order valence-electron chi connectivity index (χ2n) is 4.51. The zero-order chi connectivity index (χ0) is 12.6. The monoisotopic (exact) mass is 247 g/mol. The number of hydrogen-bond donors (Lipinski definition) is 1. The predicted molar refractivity (Wildman–Crippen MR) is 65.2 cm³/mol. The average Bonchev–Trinajstić information content (AvgIpc) is 2.29. The average molecular weight is 247 g/mol. The van der Waals surface area contributed by atoms with Crippen molar-refractivity contribution < 1.29 is 19.3 Å². The summed E-state index contributed by atoms with van der Waals surface area (Å²) in [6, 6.07) is 0. The molecular weight excluding hydrogens is 222 g/mol. The molecule has 0 aromatic heterocycles. The maximum atomic E-state index is 9.80. The van der Waals surface area contributed by atoms with Crippen molar-refractivity contribution in [2.24, 2.45) is 0 Å². The first-order valence-corrected chi connectivity index (χ1v) is 6.29. The number of aliphatic hydroxyl groups is 1. The normalized spacial score (nSPS) is 19.2. The molecule has 0 amide bonds. The predicted octanol–water partition coefficient (Wildman–Crippen LogP) is 0.123. The molecule has 17 heavy (non-hydrogen) atoms. The molecule has 0 bridgehead atoms. The molecule has 5 heteroatoms. The summed E-state index contributed by atoms with van der Waals surface area (Å²) in [6.45, 7) is 7.64. The summed E-state index contributed by atoms with van der Waals surface area (Å²) in [6.07, 6.45) is 0.831. The molecular formula is C12H25NO4. The lowest BCUT2D eigenvalue weighted by Crippen LogP contribution is -2.61. The van der Waals surface area contributed by atoms with Crippen LogP contribution in [0, 0.1) is 0 Å². The lowest BCUT2D eigenvalue weighted by molar-refractivity contribution is -0.106. The fourth-order valence-corrected chi connectivity index (χ4v) is 1.83. The highest BCUT2D eigenvalue weighted by Gasteiger charge is 2.38. The van der Waals surface area contributed by atoms with Crippen molar-refractivity contribution in [2.45, 2.75) is 18.9 Å². The van der Waals surface area contributed by atoms with Gasteiger partial charge in [0.15, 0.2) is 0 Å². The number of hydrogen-bond acceptors (Lipinski definition) is 5. The number of likely N-dealkylation sites (tertiary alicyclic amines) is 1. The Kier molecular flexibility index (Phi) is 6.99. The maximum absolute atomic E-state index is 9.80. The van der Waals surface area contributed by atoms with Gasteiger partial charge in [-0.1, -0.05) is 6.92 Å². The zero-order valence-corrected chi connectivity index (χ0v) is 11.0. The third kappa shape index (κ3) is 5.79. The van der Waals surface area contributed by atoms with Gasteiger partial charge in [-0.3, -0.25) is 4.90 Å².